The molecule has 0 rings (SSSR count). The SMILES string of the molecule is C=C(C)C(=O)OCCCCO[PH](=O)OCCCCOC(=O)C(=C)C. The van der Waals surface area contributed by atoms with Crippen molar-refractivity contribution in [2.75, 3.05) is 26.4 Å². The van der Waals surface area contributed by atoms with Crippen LogP contribution in [0.4, 0.5) is 0 Å². The molecule has 0 saturated heterocycles. The van der Waals surface area contributed by atoms with Crippen LogP contribution in [0.25, 0.3) is 0 Å². The monoisotopic (exact) mass is 362 g/mol. The highest BCUT2D eigenvalue weighted by atomic mass is 31.1. The fourth-order valence-electron chi connectivity index (χ4n) is 1.34. The lowest BCUT2D eigenvalue weighted by Crippen LogP contribution is -2.07. The lowest BCUT2D eigenvalue weighted by Gasteiger charge is -2.07. The van der Waals surface area contributed by atoms with Gasteiger partial charge in [0.25, 0.3) is 0 Å². The molecule has 0 aliphatic heterocycles. The third-order valence-corrected chi connectivity index (χ3v) is 3.56. The zero-order valence-corrected chi connectivity index (χ0v) is 15.4. The molecule has 0 aliphatic carbocycles. The molecule has 7 nitrogen and oxygen atoms in total. The van der Waals surface area contributed by atoms with Crippen LogP contribution in [0.15, 0.2) is 24.3 Å². The zero-order valence-electron chi connectivity index (χ0n) is 14.4. The average molecular weight is 362 g/mol. The van der Waals surface area contributed by atoms with E-state index in [2.05, 4.69) is 13.2 Å². The summed E-state index contributed by atoms with van der Waals surface area (Å²) in [5, 5.41) is 0. The topological polar surface area (TPSA) is 88.1 Å². The Morgan fingerprint density at radius 1 is 0.750 bits per heavy atom. The predicted octanol–water partition coefficient (Wildman–Crippen LogP) is 3.21. The van der Waals surface area contributed by atoms with E-state index in [1.165, 1.54) is 0 Å². The Labute approximate surface area is 143 Å². The van der Waals surface area contributed by atoms with E-state index in [4.69, 9.17) is 18.5 Å². The van der Waals surface area contributed by atoms with Crippen LogP contribution in [0.3, 0.4) is 0 Å². The van der Waals surface area contributed by atoms with Crippen molar-refractivity contribution in [3.63, 3.8) is 0 Å². The lowest BCUT2D eigenvalue weighted by molar-refractivity contribution is -0.139. The van der Waals surface area contributed by atoms with Crippen LogP contribution in [-0.4, -0.2) is 38.4 Å². The fraction of sp³-hybridized carbons (Fsp3) is 0.625. The minimum atomic E-state index is -2.52. The predicted molar refractivity (Wildman–Crippen MR) is 90.9 cm³/mol. The molecule has 0 fully saturated rings. The van der Waals surface area contributed by atoms with Crippen molar-refractivity contribution < 1.29 is 32.7 Å². The summed E-state index contributed by atoms with van der Waals surface area (Å²) in [6.07, 6.45) is 2.45. The van der Waals surface area contributed by atoms with Crippen molar-refractivity contribution >= 4 is 20.2 Å². The fourth-order valence-corrected chi connectivity index (χ4v) is 2.04. The van der Waals surface area contributed by atoms with Gasteiger partial charge in [0, 0.05) is 11.1 Å². The first-order chi connectivity index (χ1) is 11.3. The molecule has 0 aromatic rings. The Bertz CT molecular complexity index is 419. The van der Waals surface area contributed by atoms with Crippen LogP contribution in [0.1, 0.15) is 39.5 Å². The van der Waals surface area contributed by atoms with Crippen molar-refractivity contribution in [3.8, 4) is 0 Å². The molecule has 0 bridgehead atoms. The van der Waals surface area contributed by atoms with Gasteiger partial charge in [-0.2, -0.15) is 0 Å². The molecular formula is C16H27O7P. The molecule has 0 amide bonds. The van der Waals surface area contributed by atoms with E-state index in [-0.39, 0.29) is 26.4 Å². The Hall–Kier alpha value is -1.43. The number of unbranched alkanes of at least 4 members (excludes halogenated alkanes) is 2. The molecule has 0 aromatic heterocycles. The van der Waals surface area contributed by atoms with Gasteiger partial charge in [0.1, 0.15) is 0 Å². The minimum absolute atomic E-state index is 0.276. The molecule has 0 radical (unpaired) electrons. The van der Waals surface area contributed by atoms with Gasteiger partial charge in [0.15, 0.2) is 0 Å². The number of hydrogen-bond acceptors (Lipinski definition) is 7. The van der Waals surface area contributed by atoms with Crippen molar-refractivity contribution in [3.05, 3.63) is 24.3 Å². The third kappa shape index (κ3) is 13.0. The lowest BCUT2D eigenvalue weighted by atomic mass is 10.3. The number of carbonyl (C=O) groups excluding carboxylic acids is 2. The van der Waals surface area contributed by atoms with Gasteiger partial charge in [-0.3, -0.25) is 4.57 Å². The molecule has 0 atom stereocenters. The number of carbonyl (C=O) groups is 2. The molecule has 0 heterocycles. The van der Waals surface area contributed by atoms with E-state index >= 15 is 0 Å². The van der Waals surface area contributed by atoms with Gasteiger partial charge in [-0.1, -0.05) is 13.2 Å². The van der Waals surface area contributed by atoms with Crippen LogP contribution >= 0.6 is 8.25 Å². The van der Waals surface area contributed by atoms with Gasteiger partial charge in [-0.05, 0) is 39.5 Å². The number of rotatable bonds is 14. The summed E-state index contributed by atoms with van der Waals surface area (Å²) < 4.78 is 31.4. The quantitative estimate of drug-likeness (QED) is 0.203. The van der Waals surface area contributed by atoms with Gasteiger partial charge in [0.2, 0.25) is 0 Å². The maximum Gasteiger partial charge on any atom is 0.333 e. The summed E-state index contributed by atoms with van der Waals surface area (Å²) in [5.41, 5.74) is 0.721. The number of ether oxygens (including phenoxy) is 2. The summed E-state index contributed by atoms with van der Waals surface area (Å²) >= 11 is 0. The minimum Gasteiger partial charge on any atom is -0.462 e. The van der Waals surface area contributed by atoms with Crippen LogP contribution in [0.5, 0.6) is 0 Å². The van der Waals surface area contributed by atoms with E-state index in [1.807, 2.05) is 0 Å². The molecule has 0 saturated carbocycles. The molecule has 0 aliphatic rings. The van der Waals surface area contributed by atoms with Crippen molar-refractivity contribution in [1.82, 2.24) is 0 Å². The molecule has 8 heteroatoms. The summed E-state index contributed by atoms with van der Waals surface area (Å²) in [6, 6.07) is 0. The summed E-state index contributed by atoms with van der Waals surface area (Å²) in [6.45, 7) is 11.2. The van der Waals surface area contributed by atoms with E-state index in [9.17, 15) is 14.2 Å². The van der Waals surface area contributed by atoms with Gasteiger partial charge in [0.05, 0.1) is 26.4 Å². The first-order valence-corrected chi connectivity index (χ1v) is 9.02. The largest absolute Gasteiger partial charge is 0.462 e. The summed E-state index contributed by atoms with van der Waals surface area (Å²) in [5.74, 6) is -0.830. The third-order valence-electron chi connectivity index (χ3n) is 2.68. The summed E-state index contributed by atoms with van der Waals surface area (Å²) in [4.78, 5) is 22.2. The molecule has 0 unspecified atom stereocenters. The van der Waals surface area contributed by atoms with Crippen LogP contribution < -0.4 is 0 Å². The Kier molecular flexibility index (Phi) is 13.1. The van der Waals surface area contributed by atoms with Gasteiger partial charge < -0.3 is 18.5 Å². The van der Waals surface area contributed by atoms with Gasteiger partial charge >= 0.3 is 20.2 Å². The molecule has 0 N–H and O–H groups in total. The second kappa shape index (κ2) is 14.0. The normalized spacial score (nSPS) is 10.5. The molecule has 0 spiro atoms. The smallest absolute Gasteiger partial charge is 0.333 e. The maximum absolute atomic E-state index is 11.5. The first kappa shape index (κ1) is 22.6. The molecular weight excluding hydrogens is 335 g/mol. The highest BCUT2D eigenvalue weighted by Gasteiger charge is 2.04. The van der Waals surface area contributed by atoms with E-state index < -0.39 is 20.2 Å². The standard InChI is InChI=1S/C16H27O7P/c1-13(2)15(17)20-9-5-7-11-22-24(19)23-12-8-6-10-21-16(18)14(3)4/h24H,1,3,5-12H2,2,4H3. The van der Waals surface area contributed by atoms with E-state index in [0.29, 0.717) is 36.8 Å². The van der Waals surface area contributed by atoms with Crippen molar-refractivity contribution in [2.24, 2.45) is 0 Å². The van der Waals surface area contributed by atoms with Crippen molar-refractivity contribution in [1.29, 1.82) is 0 Å². The molecule has 138 valence electrons. The van der Waals surface area contributed by atoms with Crippen LogP contribution in [0.2, 0.25) is 0 Å². The zero-order chi connectivity index (χ0) is 18.4. The number of hydrogen-bond donors (Lipinski definition) is 0. The average Bonchev–Trinajstić information content (AvgIpc) is 2.53. The molecule has 24 heavy (non-hydrogen) atoms. The Morgan fingerprint density at radius 2 is 1.08 bits per heavy atom. The van der Waals surface area contributed by atoms with Crippen molar-refractivity contribution in [2.45, 2.75) is 39.5 Å². The van der Waals surface area contributed by atoms with Gasteiger partial charge in [-0.15, -0.1) is 0 Å². The van der Waals surface area contributed by atoms with Crippen LogP contribution in [0, 0.1) is 0 Å². The van der Waals surface area contributed by atoms with Crippen LogP contribution in [-0.2, 0) is 32.7 Å². The molecule has 0 aromatic carbocycles. The number of esters is 2. The second-order valence-corrected chi connectivity index (χ2v) is 6.27. The Morgan fingerprint density at radius 3 is 1.42 bits per heavy atom. The first-order valence-electron chi connectivity index (χ1n) is 7.79. The van der Waals surface area contributed by atoms with Gasteiger partial charge in [-0.25, -0.2) is 9.59 Å². The highest BCUT2D eigenvalue weighted by Crippen LogP contribution is 2.24. The highest BCUT2D eigenvalue weighted by molar-refractivity contribution is 7.33. The van der Waals surface area contributed by atoms with E-state index in [0.717, 1.165) is 0 Å². The summed E-state index contributed by atoms with van der Waals surface area (Å²) in [7, 11) is -2.52. The van der Waals surface area contributed by atoms with E-state index in [1.54, 1.807) is 13.8 Å². The second-order valence-electron chi connectivity index (χ2n) is 5.19. The Balaban J connectivity index is 3.41. The maximum atomic E-state index is 11.5.